The zero-order valence-electron chi connectivity index (χ0n) is 17.3. The molecule has 0 unspecified atom stereocenters. The predicted octanol–water partition coefficient (Wildman–Crippen LogP) is 3.11. The lowest BCUT2D eigenvalue weighted by Crippen LogP contribution is -2.36. The van der Waals surface area contributed by atoms with Gasteiger partial charge in [0.1, 0.15) is 17.6 Å². The van der Waals surface area contributed by atoms with Crippen LogP contribution in [0.15, 0.2) is 24.3 Å². The Labute approximate surface area is 197 Å². The highest BCUT2D eigenvalue weighted by Crippen LogP contribution is 2.16. The van der Waals surface area contributed by atoms with E-state index in [1.165, 1.54) is 36.9 Å². The van der Waals surface area contributed by atoms with E-state index < -0.39 is 0 Å². The summed E-state index contributed by atoms with van der Waals surface area (Å²) in [5.41, 5.74) is 1.63. The molecule has 1 amide bonds. The van der Waals surface area contributed by atoms with E-state index in [2.05, 4.69) is 26.1 Å². The van der Waals surface area contributed by atoms with Crippen LogP contribution in [0.2, 0.25) is 0 Å². The summed E-state index contributed by atoms with van der Waals surface area (Å²) in [4.78, 5) is 13.4. The Bertz CT molecular complexity index is 676. The fourth-order valence-corrected chi connectivity index (χ4v) is 3.56. The molecule has 1 aromatic heterocycles. The van der Waals surface area contributed by atoms with Crippen LogP contribution >= 0.6 is 37.2 Å². The number of carbonyl (C=O) groups excluding carboxylic acids is 1. The SMILES string of the molecule is Cl.Cl.Cl.O=C(Cn1nc2ccccc2n1)NCCCCNCCNC1CCCCC1. The van der Waals surface area contributed by atoms with E-state index in [0.29, 0.717) is 6.54 Å². The topological polar surface area (TPSA) is 83.9 Å². The number of benzene rings is 1. The van der Waals surface area contributed by atoms with Gasteiger partial charge in [-0.3, -0.25) is 4.79 Å². The summed E-state index contributed by atoms with van der Waals surface area (Å²) in [6, 6.07) is 8.36. The van der Waals surface area contributed by atoms with Crippen LogP contribution in [0.1, 0.15) is 44.9 Å². The van der Waals surface area contributed by atoms with Gasteiger partial charge in [0.05, 0.1) is 0 Å². The van der Waals surface area contributed by atoms with Crippen LogP contribution in [0.5, 0.6) is 0 Å². The van der Waals surface area contributed by atoms with Crippen molar-refractivity contribution in [2.24, 2.45) is 0 Å². The number of rotatable bonds is 11. The number of fused-ring (bicyclic) bond motifs is 1. The number of nitrogens with zero attached hydrogens (tertiary/aromatic N) is 3. The Hall–Kier alpha value is -1.12. The van der Waals surface area contributed by atoms with Crippen molar-refractivity contribution < 1.29 is 4.79 Å². The molecule has 0 bridgehead atoms. The van der Waals surface area contributed by atoms with Crippen molar-refractivity contribution >= 4 is 54.2 Å². The van der Waals surface area contributed by atoms with E-state index >= 15 is 0 Å². The van der Waals surface area contributed by atoms with Crippen molar-refractivity contribution in [3.63, 3.8) is 0 Å². The first-order valence-corrected chi connectivity index (χ1v) is 10.3. The standard InChI is InChI=1S/C20H32N6O.3ClH/c27-20(16-26-24-18-10-4-5-11-19(18)25-26)23-13-7-6-12-21-14-15-22-17-8-2-1-3-9-17;;;/h4-5,10-11,17,21-22H,1-3,6-9,12-16H2,(H,23,27);3*1H. The van der Waals surface area contributed by atoms with E-state index in [1.54, 1.807) is 0 Å². The third-order valence-corrected chi connectivity index (χ3v) is 5.06. The van der Waals surface area contributed by atoms with Crippen LogP contribution in [-0.4, -0.2) is 53.1 Å². The Morgan fingerprint density at radius 2 is 1.53 bits per heavy atom. The van der Waals surface area contributed by atoms with Crippen molar-refractivity contribution in [1.82, 2.24) is 30.9 Å². The van der Waals surface area contributed by atoms with Gasteiger partial charge in [-0.05, 0) is 44.4 Å². The zero-order valence-corrected chi connectivity index (χ0v) is 19.8. The van der Waals surface area contributed by atoms with Gasteiger partial charge in [-0.1, -0.05) is 31.4 Å². The van der Waals surface area contributed by atoms with Gasteiger partial charge in [0.25, 0.3) is 0 Å². The van der Waals surface area contributed by atoms with Gasteiger partial charge in [-0.25, -0.2) is 0 Å². The second-order valence-corrected chi connectivity index (χ2v) is 7.32. The van der Waals surface area contributed by atoms with E-state index in [-0.39, 0.29) is 49.7 Å². The van der Waals surface area contributed by atoms with E-state index in [1.807, 2.05) is 24.3 Å². The molecule has 1 aliphatic rings. The molecule has 10 heteroatoms. The Balaban J connectivity index is 0.00000280. The van der Waals surface area contributed by atoms with Crippen LogP contribution in [0.3, 0.4) is 0 Å². The van der Waals surface area contributed by atoms with Crippen LogP contribution < -0.4 is 16.0 Å². The average molecular weight is 482 g/mol. The lowest BCUT2D eigenvalue weighted by molar-refractivity contribution is -0.122. The molecule has 172 valence electrons. The van der Waals surface area contributed by atoms with Gasteiger partial charge in [-0.2, -0.15) is 15.0 Å². The quantitative estimate of drug-likeness (QED) is 0.430. The molecule has 0 aliphatic heterocycles. The number of hydrogen-bond donors (Lipinski definition) is 3. The summed E-state index contributed by atoms with van der Waals surface area (Å²) >= 11 is 0. The third-order valence-electron chi connectivity index (χ3n) is 5.06. The van der Waals surface area contributed by atoms with Crippen LogP contribution in [0.25, 0.3) is 11.0 Å². The number of halogens is 3. The second-order valence-electron chi connectivity index (χ2n) is 7.32. The first kappa shape index (κ1) is 28.9. The molecule has 1 aromatic carbocycles. The molecule has 0 radical (unpaired) electrons. The summed E-state index contributed by atoms with van der Waals surface area (Å²) in [7, 11) is 0. The van der Waals surface area contributed by atoms with E-state index in [4.69, 9.17) is 0 Å². The Morgan fingerprint density at radius 1 is 0.900 bits per heavy atom. The minimum absolute atomic E-state index is 0. The van der Waals surface area contributed by atoms with Gasteiger partial charge >= 0.3 is 0 Å². The van der Waals surface area contributed by atoms with Gasteiger partial charge in [0.2, 0.25) is 5.91 Å². The van der Waals surface area contributed by atoms with Crippen molar-refractivity contribution in [3.8, 4) is 0 Å². The van der Waals surface area contributed by atoms with Crippen LogP contribution in [0.4, 0.5) is 0 Å². The highest BCUT2D eigenvalue weighted by atomic mass is 35.5. The molecule has 0 spiro atoms. The third kappa shape index (κ3) is 10.3. The monoisotopic (exact) mass is 480 g/mol. The molecule has 3 rings (SSSR count). The zero-order chi connectivity index (χ0) is 18.7. The molecular formula is C20H35Cl3N6O. The minimum atomic E-state index is -0.0417. The maximum atomic E-state index is 12.0. The Kier molecular flexibility index (Phi) is 15.9. The fraction of sp³-hybridized carbons (Fsp3) is 0.650. The molecule has 0 saturated heterocycles. The highest BCUT2D eigenvalue weighted by molar-refractivity contribution is 5.86. The van der Waals surface area contributed by atoms with E-state index in [0.717, 1.165) is 49.6 Å². The average Bonchev–Trinajstić information content (AvgIpc) is 3.09. The first-order chi connectivity index (χ1) is 13.3. The maximum Gasteiger partial charge on any atom is 0.243 e. The lowest BCUT2D eigenvalue weighted by Gasteiger charge is -2.22. The summed E-state index contributed by atoms with van der Waals surface area (Å²) < 4.78 is 0. The predicted molar refractivity (Wildman–Crippen MR) is 129 cm³/mol. The van der Waals surface area contributed by atoms with Crippen molar-refractivity contribution in [1.29, 1.82) is 0 Å². The second kappa shape index (κ2) is 16.6. The van der Waals surface area contributed by atoms with Gasteiger partial charge in [0, 0.05) is 25.7 Å². The molecule has 7 nitrogen and oxygen atoms in total. The molecule has 1 heterocycles. The summed E-state index contributed by atoms with van der Waals surface area (Å²) in [6.45, 7) is 3.92. The minimum Gasteiger partial charge on any atom is -0.354 e. The molecule has 1 fully saturated rings. The smallest absolute Gasteiger partial charge is 0.243 e. The highest BCUT2D eigenvalue weighted by Gasteiger charge is 2.11. The first-order valence-electron chi connectivity index (χ1n) is 10.3. The largest absolute Gasteiger partial charge is 0.354 e. The number of aromatic nitrogens is 3. The van der Waals surface area contributed by atoms with Crippen LogP contribution in [-0.2, 0) is 11.3 Å². The normalized spacial score (nSPS) is 13.7. The van der Waals surface area contributed by atoms with Gasteiger partial charge in [0.15, 0.2) is 0 Å². The maximum absolute atomic E-state index is 12.0. The van der Waals surface area contributed by atoms with Gasteiger partial charge in [-0.15, -0.1) is 37.2 Å². The summed E-state index contributed by atoms with van der Waals surface area (Å²) in [5.74, 6) is -0.0417. The van der Waals surface area contributed by atoms with Crippen LogP contribution in [0, 0.1) is 0 Å². The summed E-state index contributed by atoms with van der Waals surface area (Å²) in [5, 5.41) is 18.6. The number of unbranched alkanes of at least 4 members (excludes halogenated alkanes) is 1. The van der Waals surface area contributed by atoms with E-state index in [9.17, 15) is 4.79 Å². The fourth-order valence-electron chi connectivity index (χ4n) is 3.56. The number of amides is 1. The molecule has 1 aliphatic carbocycles. The van der Waals surface area contributed by atoms with Gasteiger partial charge < -0.3 is 16.0 Å². The Morgan fingerprint density at radius 3 is 2.20 bits per heavy atom. The summed E-state index contributed by atoms with van der Waals surface area (Å²) in [6.07, 6.45) is 8.88. The number of nitrogens with one attached hydrogen (secondary N) is 3. The number of carbonyl (C=O) groups is 1. The number of hydrogen-bond acceptors (Lipinski definition) is 5. The van der Waals surface area contributed by atoms with Crippen molar-refractivity contribution in [3.05, 3.63) is 24.3 Å². The molecule has 2 aromatic rings. The molecular weight excluding hydrogens is 447 g/mol. The molecule has 3 N–H and O–H groups in total. The lowest BCUT2D eigenvalue weighted by atomic mass is 9.95. The molecule has 1 saturated carbocycles. The molecule has 30 heavy (non-hydrogen) atoms. The van der Waals surface area contributed by atoms with Crippen molar-refractivity contribution in [2.75, 3.05) is 26.2 Å². The van der Waals surface area contributed by atoms with Crippen molar-refractivity contribution in [2.45, 2.75) is 57.5 Å². The molecule has 0 atom stereocenters.